The molecule has 0 fully saturated rings. The van der Waals surface area contributed by atoms with Gasteiger partial charge in [0, 0.05) is 17.8 Å². The Hall–Kier alpha value is -2.10. The SMILES string of the molecule is CC(=O)Nc1c(C=O)[nH]c2ccccc12. The molecular weight excluding hydrogens is 192 g/mol. The summed E-state index contributed by atoms with van der Waals surface area (Å²) in [6.07, 6.45) is 0.700. The molecule has 1 heterocycles. The lowest BCUT2D eigenvalue weighted by Gasteiger charge is -1.99. The zero-order chi connectivity index (χ0) is 10.8. The summed E-state index contributed by atoms with van der Waals surface area (Å²) in [6, 6.07) is 7.43. The fraction of sp³-hybridized carbons (Fsp3) is 0.0909. The predicted molar refractivity (Wildman–Crippen MR) is 58.0 cm³/mol. The summed E-state index contributed by atoms with van der Waals surface area (Å²) in [4.78, 5) is 24.7. The number of aromatic amines is 1. The Balaban J connectivity index is 2.66. The largest absolute Gasteiger partial charge is 0.351 e. The molecule has 2 rings (SSSR count). The Kier molecular flexibility index (Phi) is 2.25. The van der Waals surface area contributed by atoms with E-state index >= 15 is 0 Å². The first kappa shape index (κ1) is 9.45. The number of nitrogens with one attached hydrogen (secondary N) is 2. The molecule has 76 valence electrons. The number of hydrogen-bond donors (Lipinski definition) is 2. The average Bonchev–Trinajstić information content (AvgIpc) is 2.56. The van der Waals surface area contributed by atoms with Gasteiger partial charge in [0.05, 0.1) is 5.69 Å². The van der Waals surface area contributed by atoms with E-state index in [0.29, 0.717) is 17.7 Å². The number of aromatic nitrogens is 1. The van der Waals surface area contributed by atoms with E-state index in [1.54, 1.807) is 0 Å². The summed E-state index contributed by atoms with van der Waals surface area (Å²) in [5.41, 5.74) is 1.78. The van der Waals surface area contributed by atoms with Crippen LogP contribution in [0.2, 0.25) is 0 Å². The lowest BCUT2D eigenvalue weighted by molar-refractivity contribution is -0.114. The monoisotopic (exact) mass is 202 g/mol. The third-order valence-corrected chi connectivity index (χ3v) is 2.15. The zero-order valence-electron chi connectivity index (χ0n) is 8.20. The van der Waals surface area contributed by atoms with Crippen LogP contribution >= 0.6 is 0 Å². The quantitative estimate of drug-likeness (QED) is 0.731. The Morgan fingerprint density at radius 2 is 2.13 bits per heavy atom. The van der Waals surface area contributed by atoms with Gasteiger partial charge in [-0.05, 0) is 6.07 Å². The first-order valence-electron chi connectivity index (χ1n) is 4.56. The number of amides is 1. The lowest BCUT2D eigenvalue weighted by atomic mass is 10.2. The summed E-state index contributed by atoms with van der Waals surface area (Å²) in [6.45, 7) is 1.41. The van der Waals surface area contributed by atoms with Crippen LogP contribution in [-0.2, 0) is 4.79 Å². The van der Waals surface area contributed by atoms with Crippen LogP contribution in [0.25, 0.3) is 10.9 Å². The average molecular weight is 202 g/mol. The van der Waals surface area contributed by atoms with Crippen LogP contribution in [0.5, 0.6) is 0 Å². The van der Waals surface area contributed by atoms with Gasteiger partial charge < -0.3 is 10.3 Å². The minimum atomic E-state index is -0.192. The fourth-order valence-electron chi connectivity index (χ4n) is 1.56. The molecule has 0 aliphatic heterocycles. The number of fused-ring (bicyclic) bond motifs is 1. The van der Waals surface area contributed by atoms with Crippen molar-refractivity contribution in [1.82, 2.24) is 4.98 Å². The fourth-order valence-corrected chi connectivity index (χ4v) is 1.56. The Bertz CT molecular complexity index is 528. The number of H-pyrrole nitrogens is 1. The molecule has 0 bridgehead atoms. The highest BCUT2D eigenvalue weighted by atomic mass is 16.1. The Labute approximate surface area is 86.3 Å². The maximum absolute atomic E-state index is 11.0. The van der Waals surface area contributed by atoms with E-state index in [9.17, 15) is 9.59 Å². The Morgan fingerprint density at radius 3 is 2.80 bits per heavy atom. The van der Waals surface area contributed by atoms with Gasteiger partial charge >= 0.3 is 0 Å². The number of aldehydes is 1. The van der Waals surface area contributed by atoms with Crippen LogP contribution in [0.4, 0.5) is 5.69 Å². The van der Waals surface area contributed by atoms with Gasteiger partial charge in [-0.25, -0.2) is 0 Å². The minimum Gasteiger partial charge on any atom is -0.351 e. The molecular formula is C11H10N2O2. The van der Waals surface area contributed by atoms with Crippen LogP contribution in [0.1, 0.15) is 17.4 Å². The van der Waals surface area contributed by atoms with Crippen molar-refractivity contribution in [2.24, 2.45) is 0 Å². The molecule has 4 nitrogen and oxygen atoms in total. The van der Waals surface area contributed by atoms with Gasteiger partial charge in [-0.2, -0.15) is 0 Å². The van der Waals surface area contributed by atoms with Gasteiger partial charge in [0.15, 0.2) is 6.29 Å². The summed E-state index contributed by atoms with van der Waals surface area (Å²) in [5.74, 6) is -0.192. The number of para-hydroxylation sites is 1. The van der Waals surface area contributed by atoms with Crippen LogP contribution < -0.4 is 5.32 Å². The maximum Gasteiger partial charge on any atom is 0.221 e. The van der Waals surface area contributed by atoms with Gasteiger partial charge in [0.1, 0.15) is 5.69 Å². The van der Waals surface area contributed by atoms with Crippen LogP contribution in [-0.4, -0.2) is 17.2 Å². The predicted octanol–water partition coefficient (Wildman–Crippen LogP) is 1.94. The third-order valence-electron chi connectivity index (χ3n) is 2.15. The maximum atomic E-state index is 11.0. The highest BCUT2D eigenvalue weighted by molar-refractivity contribution is 6.07. The van der Waals surface area contributed by atoms with Crippen molar-refractivity contribution in [1.29, 1.82) is 0 Å². The molecule has 0 aliphatic rings. The summed E-state index contributed by atoms with van der Waals surface area (Å²) in [5, 5.41) is 3.49. The van der Waals surface area contributed by atoms with Gasteiger partial charge in [-0.15, -0.1) is 0 Å². The van der Waals surface area contributed by atoms with Crippen LogP contribution in [0.3, 0.4) is 0 Å². The second-order valence-electron chi connectivity index (χ2n) is 3.26. The smallest absolute Gasteiger partial charge is 0.221 e. The minimum absolute atomic E-state index is 0.192. The topological polar surface area (TPSA) is 62.0 Å². The second-order valence-corrected chi connectivity index (χ2v) is 3.26. The highest BCUT2D eigenvalue weighted by Crippen LogP contribution is 2.26. The number of anilines is 1. The van der Waals surface area contributed by atoms with Crippen molar-refractivity contribution in [2.45, 2.75) is 6.92 Å². The standard InChI is InChI=1S/C11H10N2O2/c1-7(15)12-11-8-4-2-3-5-9(8)13-10(11)6-14/h2-6,13H,1H3,(H,12,15). The Morgan fingerprint density at radius 1 is 1.40 bits per heavy atom. The van der Waals surface area contributed by atoms with Crippen molar-refractivity contribution >= 4 is 28.8 Å². The molecule has 1 amide bonds. The van der Waals surface area contributed by atoms with E-state index in [2.05, 4.69) is 10.3 Å². The van der Waals surface area contributed by atoms with Crippen LogP contribution in [0.15, 0.2) is 24.3 Å². The number of benzene rings is 1. The van der Waals surface area contributed by atoms with E-state index < -0.39 is 0 Å². The number of rotatable bonds is 2. The van der Waals surface area contributed by atoms with Gasteiger partial charge in [-0.1, -0.05) is 18.2 Å². The van der Waals surface area contributed by atoms with E-state index in [-0.39, 0.29) is 5.91 Å². The molecule has 0 unspecified atom stereocenters. The van der Waals surface area contributed by atoms with E-state index in [4.69, 9.17) is 0 Å². The van der Waals surface area contributed by atoms with Crippen molar-refractivity contribution in [3.63, 3.8) is 0 Å². The number of carbonyl (C=O) groups is 2. The summed E-state index contributed by atoms with van der Waals surface area (Å²) in [7, 11) is 0. The normalized spacial score (nSPS) is 10.2. The van der Waals surface area contributed by atoms with Gasteiger partial charge in [-0.3, -0.25) is 9.59 Å². The van der Waals surface area contributed by atoms with Crippen LogP contribution in [0, 0.1) is 0 Å². The first-order valence-corrected chi connectivity index (χ1v) is 4.56. The molecule has 2 aromatic rings. The molecule has 0 saturated carbocycles. The van der Waals surface area contributed by atoms with E-state index in [0.717, 1.165) is 10.9 Å². The highest BCUT2D eigenvalue weighted by Gasteiger charge is 2.10. The van der Waals surface area contributed by atoms with E-state index in [1.165, 1.54) is 6.92 Å². The van der Waals surface area contributed by atoms with Gasteiger partial charge in [0.2, 0.25) is 5.91 Å². The number of hydrogen-bond acceptors (Lipinski definition) is 2. The molecule has 0 atom stereocenters. The van der Waals surface area contributed by atoms with Crippen molar-refractivity contribution in [3.8, 4) is 0 Å². The molecule has 0 spiro atoms. The van der Waals surface area contributed by atoms with Gasteiger partial charge in [0.25, 0.3) is 0 Å². The van der Waals surface area contributed by atoms with Crippen molar-refractivity contribution in [2.75, 3.05) is 5.32 Å². The number of carbonyl (C=O) groups excluding carboxylic acids is 2. The molecule has 1 aromatic carbocycles. The first-order chi connectivity index (χ1) is 7.22. The molecule has 1 aromatic heterocycles. The summed E-state index contributed by atoms with van der Waals surface area (Å²) < 4.78 is 0. The molecule has 4 heteroatoms. The molecule has 15 heavy (non-hydrogen) atoms. The molecule has 0 saturated heterocycles. The third kappa shape index (κ3) is 1.61. The molecule has 2 N–H and O–H groups in total. The van der Waals surface area contributed by atoms with E-state index in [1.807, 2.05) is 24.3 Å². The zero-order valence-corrected chi connectivity index (χ0v) is 8.20. The van der Waals surface area contributed by atoms with Crippen molar-refractivity contribution in [3.05, 3.63) is 30.0 Å². The second kappa shape index (κ2) is 3.57. The molecule has 0 radical (unpaired) electrons. The molecule has 0 aliphatic carbocycles. The summed E-state index contributed by atoms with van der Waals surface area (Å²) >= 11 is 0. The van der Waals surface area contributed by atoms with Crippen molar-refractivity contribution < 1.29 is 9.59 Å². The lowest BCUT2D eigenvalue weighted by Crippen LogP contribution is -2.06.